The molecule has 6 heteroatoms. The van der Waals surface area contributed by atoms with Crippen LogP contribution in [0.4, 0.5) is 5.69 Å². The molecule has 19 heavy (non-hydrogen) atoms. The summed E-state index contributed by atoms with van der Waals surface area (Å²) in [7, 11) is 0. The molecule has 0 radical (unpaired) electrons. The Balaban J connectivity index is 1.74. The quantitative estimate of drug-likeness (QED) is 0.682. The lowest BCUT2D eigenvalue weighted by Gasteiger charge is -2.17. The van der Waals surface area contributed by atoms with Crippen molar-refractivity contribution in [3.05, 3.63) is 38.3 Å². The van der Waals surface area contributed by atoms with Crippen LogP contribution in [0.25, 0.3) is 0 Å². The van der Waals surface area contributed by atoms with Crippen molar-refractivity contribution in [3.8, 4) is 0 Å². The highest BCUT2D eigenvalue weighted by Crippen LogP contribution is 2.32. The summed E-state index contributed by atoms with van der Waals surface area (Å²) < 4.78 is 0.621. The first-order valence-corrected chi connectivity index (χ1v) is 7.29. The van der Waals surface area contributed by atoms with Crippen LogP contribution in [0, 0.1) is 22.0 Å². The van der Waals surface area contributed by atoms with Crippen LogP contribution < -0.4 is 5.32 Å². The Morgan fingerprint density at radius 2 is 2.05 bits per heavy atom. The number of nitro benzene ring substituents is 1. The smallest absolute Gasteiger partial charge is 0.283 e. The van der Waals surface area contributed by atoms with Gasteiger partial charge >= 0.3 is 0 Å². The number of rotatable bonds is 3. The van der Waals surface area contributed by atoms with Crippen LogP contribution in [-0.4, -0.2) is 36.0 Å². The molecule has 0 amide bonds. The molecular weight excluding hydrogens is 310 g/mol. The van der Waals surface area contributed by atoms with Gasteiger partial charge in [-0.3, -0.25) is 15.0 Å². The molecule has 2 heterocycles. The maximum atomic E-state index is 10.9. The van der Waals surface area contributed by atoms with Gasteiger partial charge in [-0.15, -0.1) is 0 Å². The molecule has 1 N–H and O–H groups in total. The summed E-state index contributed by atoms with van der Waals surface area (Å²) in [5.41, 5.74) is 1.15. The highest BCUT2D eigenvalue weighted by molar-refractivity contribution is 9.10. The Morgan fingerprint density at radius 3 is 2.68 bits per heavy atom. The van der Waals surface area contributed by atoms with E-state index in [2.05, 4.69) is 26.1 Å². The molecule has 2 fully saturated rings. The zero-order chi connectivity index (χ0) is 13.4. The molecule has 1 aromatic carbocycles. The number of fused-ring (bicyclic) bond motifs is 1. The van der Waals surface area contributed by atoms with Crippen molar-refractivity contribution in [1.82, 2.24) is 10.2 Å². The van der Waals surface area contributed by atoms with E-state index in [0.29, 0.717) is 4.47 Å². The van der Waals surface area contributed by atoms with Crippen molar-refractivity contribution in [3.63, 3.8) is 0 Å². The van der Waals surface area contributed by atoms with E-state index in [9.17, 15) is 10.1 Å². The van der Waals surface area contributed by atoms with Crippen LogP contribution in [0.1, 0.15) is 5.56 Å². The first-order chi connectivity index (χ1) is 9.15. The van der Waals surface area contributed by atoms with E-state index in [1.165, 1.54) is 6.07 Å². The van der Waals surface area contributed by atoms with Crippen molar-refractivity contribution >= 4 is 21.6 Å². The second-order valence-corrected chi connectivity index (χ2v) is 6.17. The summed E-state index contributed by atoms with van der Waals surface area (Å²) in [6.07, 6.45) is 0. The fourth-order valence-corrected chi connectivity index (χ4v) is 3.69. The van der Waals surface area contributed by atoms with Gasteiger partial charge in [0, 0.05) is 25.7 Å². The molecule has 0 bridgehead atoms. The molecule has 102 valence electrons. The molecule has 0 aliphatic carbocycles. The highest BCUT2D eigenvalue weighted by Gasteiger charge is 2.36. The zero-order valence-corrected chi connectivity index (χ0v) is 12.1. The predicted octanol–water partition coefficient (Wildman–Crippen LogP) is 2.01. The molecule has 2 unspecified atom stereocenters. The molecular formula is C13H16BrN3O2. The van der Waals surface area contributed by atoms with E-state index >= 15 is 0 Å². The molecule has 3 rings (SSSR count). The third kappa shape index (κ3) is 2.52. The summed E-state index contributed by atoms with van der Waals surface area (Å²) in [4.78, 5) is 13.0. The lowest BCUT2D eigenvalue weighted by atomic mass is 10.0. The van der Waals surface area contributed by atoms with Gasteiger partial charge in [-0.05, 0) is 46.4 Å². The van der Waals surface area contributed by atoms with Gasteiger partial charge in [-0.1, -0.05) is 12.1 Å². The van der Waals surface area contributed by atoms with Crippen molar-refractivity contribution in [2.24, 2.45) is 11.8 Å². The molecule has 2 aliphatic heterocycles. The number of likely N-dealkylation sites (tertiary alicyclic amines) is 1. The van der Waals surface area contributed by atoms with Gasteiger partial charge in [0.05, 0.1) is 9.40 Å². The van der Waals surface area contributed by atoms with Gasteiger partial charge in [-0.2, -0.15) is 0 Å². The van der Waals surface area contributed by atoms with Crippen LogP contribution in [0.15, 0.2) is 22.7 Å². The van der Waals surface area contributed by atoms with Crippen LogP contribution in [0.5, 0.6) is 0 Å². The molecule has 1 aromatic rings. The number of hydrogen-bond acceptors (Lipinski definition) is 4. The van der Waals surface area contributed by atoms with Gasteiger partial charge in [-0.25, -0.2) is 0 Å². The van der Waals surface area contributed by atoms with E-state index in [1.54, 1.807) is 6.07 Å². The molecule has 0 aromatic heterocycles. The maximum Gasteiger partial charge on any atom is 0.283 e. The lowest BCUT2D eigenvalue weighted by molar-refractivity contribution is -0.385. The average molecular weight is 326 g/mol. The fraction of sp³-hybridized carbons (Fsp3) is 0.538. The van der Waals surface area contributed by atoms with Crippen LogP contribution in [0.3, 0.4) is 0 Å². The number of nitro groups is 1. The number of halogens is 1. The standard InChI is InChI=1S/C13H16BrN3O2/c14-13-9(2-1-3-12(13)17(18)19)6-16-7-10-4-15-5-11(10)8-16/h1-3,10-11,15H,4-8H2. The second-order valence-electron chi connectivity index (χ2n) is 5.38. The van der Waals surface area contributed by atoms with E-state index < -0.39 is 0 Å². The van der Waals surface area contributed by atoms with Crippen molar-refractivity contribution in [2.75, 3.05) is 26.2 Å². The first kappa shape index (κ1) is 13.0. The Hall–Kier alpha value is -0.980. The molecule has 0 saturated carbocycles. The number of nitrogens with zero attached hydrogens (tertiary/aromatic N) is 2. The van der Waals surface area contributed by atoms with Crippen molar-refractivity contribution in [2.45, 2.75) is 6.54 Å². The topological polar surface area (TPSA) is 58.4 Å². The summed E-state index contributed by atoms with van der Waals surface area (Å²) in [5, 5.41) is 14.3. The Morgan fingerprint density at radius 1 is 1.37 bits per heavy atom. The minimum absolute atomic E-state index is 0.151. The Kier molecular flexibility index (Phi) is 3.56. The fourth-order valence-electron chi connectivity index (χ4n) is 3.15. The summed E-state index contributed by atoms with van der Waals surface area (Å²) in [6, 6.07) is 5.26. The van der Waals surface area contributed by atoms with Gasteiger partial charge in [0.1, 0.15) is 0 Å². The molecule has 2 aliphatic rings. The summed E-state index contributed by atoms with van der Waals surface area (Å²) >= 11 is 3.37. The largest absolute Gasteiger partial charge is 0.316 e. The highest BCUT2D eigenvalue weighted by atomic mass is 79.9. The molecule has 0 spiro atoms. The Bertz CT molecular complexity index is 497. The average Bonchev–Trinajstić information content (AvgIpc) is 2.92. The summed E-state index contributed by atoms with van der Waals surface area (Å²) in [6.45, 7) is 5.18. The monoisotopic (exact) mass is 325 g/mol. The van der Waals surface area contributed by atoms with Gasteiger partial charge in [0.2, 0.25) is 0 Å². The van der Waals surface area contributed by atoms with Crippen LogP contribution in [-0.2, 0) is 6.54 Å². The van der Waals surface area contributed by atoms with Crippen LogP contribution in [0.2, 0.25) is 0 Å². The third-order valence-corrected chi connectivity index (χ3v) is 5.03. The third-order valence-electron chi connectivity index (χ3n) is 4.11. The minimum atomic E-state index is -0.337. The van der Waals surface area contributed by atoms with E-state index in [-0.39, 0.29) is 10.6 Å². The summed E-state index contributed by atoms with van der Waals surface area (Å²) in [5.74, 6) is 1.50. The van der Waals surface area contributed by atoms with Gasteiger partial charge in [0.25, 0.3) is 5.69 Å². The molecule has 2 atom stereocenters. The number of nitrogens with one attached hydrogen (secondary N) is 1. The zero-order valence-electron chi connectivity index (χ0n) is 10.5. The van der Waals surface area contributed by atoms with Crippen LogP contribution >= 0.6 is 15.9 Å². The Labute approximate surface area is 120 Å². The predicted molar refractivity (Wildman–Crippen MR) is 75.9 cm³/mol. The van der Waals surface area contributed by atoms with E-state index in [0.717, 1.165) is 50.1 Å². The SMILES string of the molecule is O=[N+]([O-])c1cccc(CN2CC3CNCC3C2)c1Br. The molecule has 5 nitrogen and oxygen atoms in total. The lowest BCUT2D eigenvalue weighted by Crippen LogP contribution is -2.25. The van der Waals surface area contributed by atoms with Crippen molar-refractivity contribution < 1.29 is 4.92 Å². The van der Waals surface area contributed by atoms with Crippen molar-refractivity contribution in [1.29, 1.82) is 0 Å². The first-order valence-electron chi connectivity index (χ1n) is 6.50. The van der Waals surface area contributed by atoms with E-state index in [1.807, 2.05) is 6.07 Å². The minimum Gasteiger partial charge on any atom is -0.316 e. The number of benzene rings is 1. The van der Waals surface area contributed by atoms with Gasteiger partial charge in [0.15, 0.2) is 0 Å². The maximum absolute atomic E-state index is 10.9. The van der Waals surface area contributed by atoms with E-state index in [4.69, 9.17) is 0 Å². The normalized spacial score (nSPS) is 26.6. The molecule has 2 saturated heterocycles. The number of hydrogen-bond donors (Lipinski definition) is 1. The van der Waals surface area contributed by atoms with Gasteiger partial charge < -0.3 is 5.32 Å². The second kappa shape index (κ2) is 5.19.